The average Bonchev–Trinajstić information content (AvgIpc) is 2.98. The van der Waals surface area contributed by atoms with Gasteiger partial charge in [0.15, 0.2) is 0 Å². The second-order valence-corrected chi connectivity index (χ2v) is 8.78. The standard InChI is InChI=1S/C22H33NO7/c1-13(2)29-18-9-14(3)8-17(19(18)20(25)27-7)28-12-15-10-16(24)11-23(15)21(26)30-22(4,5)6/h8-9,13,15-16,24H,10-12H2,1-7H3/t15-,16+/m0/s1. The summed E-state index contributed by atoms with van der Waals surface area (Å²) in [5, 5.41) is 10.1. The van der Waals surface area contributed by atoms with Crippen LogP contribution in [-0.4, -0.2) is 66.2 Å². The maximum Gasteiger partial charge on any atom is 0.410 e. The summed E-state index contributed by atoms with van der Waals surface area (Å²) in [6.45, 7) is 11.2. The molecule has 0 aromatic heterocycles. The third kappa shape index (κ3) is 6.26. The van der Waals surface area contributed by atoms with Gasteiger partial charge < -0.3 is 24.1 Å². The van der Waals surface area contributed by atoms with Crippen LogP contribution in [0.15, 0.2) is 12.1 Å². The SMILES string of the molecule is COC(=O)c1c(OC[C@@H]2C[C@@H](O)CN2C(=O)OC(C)(C)C)cc(C)cc1OC(C)C. The highest BCUT2D eigenvalue weighted by atomic mass is 16.6. The van der Waals surface area contributed by atoms with Crippen molar-refractivity contribution in [3.8, 4) is 11.5 Å². The number of carbonyl (C=O) groups excluding carboxylic acids is 2. The van der Waals surface area contributed by atoms with Gasteiger partial charge in [0, 0.05) is 0 Å². The van der Waals surface area contributed by atoms with Gasteiger partial charge in [0.25, 0.3) is 0 Å². The van der Waals surface area contributed by atoms with Crippen LogP contribution in [-0.2, 0) is 9.47 Å². The zero-order valence-electron chi connectivity index (χ0n) is 18.9. The van der Waals surface area contributed by atoms with Gasteiger partial charge in [0.2, 0.25) is 0 Å². The first-order valence-electron chi connectivity index (χ1n) is 10.1. The van der Waals surface area contributed by atoms with Crippen LogP contribution in [0.25, 0.3) is 0 Å². The van der Waals surface area contributed by atoms with Gasteiger partial charge in [0.1, 0.15) is 29.3 Å². The summed E-state index contributed by atoms with van der Waals surface area (Å²) in [6, 6.07) is 3.09. The molecule has 1 aromatic rings. The molecule has 0 saturated carbocycles. The molecule has 1 heterocycles. The topological polar surface area (TPSA) is 94.5 Å². The smallest absolute Gasteiger partial charge is 0.410 e. The minimum absolute atomic E-state index is 0.0882. The van der Waals surface area contributed by atoms with Gasteiger partial charge in [-0.05, 0) is 65.7 Å². The van der Waals surface area contributed by atoms with E-state index in [-0.39, 0.29) is 24.8 Å². The number of aliphatic hydroxyl groups is 1. The van der Waals surface area contributed by atoms with Crippen LogP contribution in [0.1, 0.15) is 57.0 Å². The van der Waals surface area contributed by atoms with Crippen LogP contribution in [0.3, 0.4) is 0 Å². The van der Waals surface area contributed by atoms with Crippen molar-refractivity contribution in [1.29, 1.82) is 0 Å². The maximum absolute atomic E-state index is 12.5. The Hall–Kier alpha value is -2.48. The molecule has 1 fully saturated rings. The minimum atomic E-state index is -0.663. The van der Waals surface area contributed by atoms with Crippen molar-refractivity contribution in [2.45, 2.75) is 71.8 Å². The number of benzene rings is 1. The van der Waals surface area contributed by atoms with E-state index in [2.05, 4.69) is 0 Å². The first-order valence-corrected chi connectivity index (χ1v) is 10.1. The largest absolute Gasteiger partial charge is 0.490 e. The normalized spacial score (nSPS) is 19.0. The number of methoxy groups -OCH3 is 1. The molecule has 0 radical (unpaired) electrons. The van der Waals surface area contributed by atoms with Gasteiger partial charge in [-0.2, -0.15) is 0 Å². The number of ether oxygens (including phenoxy) is 4. The Morgan fingerprint density at radius 3 is 2.43 bits per heavy atom. The van der Waals surface area contributed by atoms with Crippen LogP contribution in [0, 0.1) is 6.92 Å². The van der Waals surface area contributed by atoms with Crippen molar-refractivity contribution < 1.29 is 33.6 Å². The summed E-state index contributed by atoms with van der Waals surface area (Å²) >= 11 is 0. The average molecular weight is 424 g/mol. The Morgan fingerprint density at radius 1 is 1.23 bits per heavy atom. The number of hydrogen-bond acceptors (Lipinski definition) is 7. The van der Waals surface area contributed by atoms with Crippen LogP contribution in [0.5, 0.6) is 11.5 Å². The van der Waals surface area contributed by atoms with Crippen molar-refractivity contribution in [2.24, 2.45) is 0 Å². The van der Waals surface area contributed by atoms with Crippen molar-refractivity contribution in [1.82, 2.24) is 4.90 Å². The second-order valence-electron chi connectivity index (χ2n) is 8.78. The predicted molar refractivity (Wildman–Crippen MR) is 111 cm³/mol. The monoisotopic (exact) mass is 423 g/mol. The van der Waals surface area contributed by atoms with E-state index < -0.39 is 29.8 Å². The predicted octanol–water partition coefficient (Wildman–Crippen LogP) is 3.32. The first-order chi connectivity index (χ1) is 13.9. The number of aliphatic hydroxyl groups excluding tert-OH is 1. The highest BCUT2D eigenvalue weighted by Gasteiger charge is 2.37. The molecule has 0 bridgehead atoms. The number of aryl methyl sites for hydroxylation is 1. The number of hydrogen-bond donors (Lipinski definition) is 1. The summed E-state index contributed by atoms with van der Waals surface area (Å²) in [5.74, 6) is 0.112. The molecule has 168 valence electrons. The highest BCUT2D eigenvalue weighted by Crippen LogP contribution is 2.33. The zero-order chi connectivity index (χ0) is 22.6. The lowest BCUT2D eigenvalue weighted by molar-refractivity contribution is 0.0171. The van der Waals surface area contributed by atoms with Gasteiger partial charge in [-0.1, -0.05) is 0 Å². The number of carbonyl (C=O) groups is 2. The van der Waals surface area contributed by atoms with E-state index in [1.807, 2.05) is 20.8 Å². The van der Waals surface area contributed by atoms with Crippen molar-refractivity contribution in [2.75, 3.05) is 20.3 Å². The first kappa shape index (κ1) is 23.8. The Kier molecular flexibility index (Phi) is 7.58. The molecule has 30 heavy (non-hydrogen) atoms. The Morgan fingerprint density at radius 2 is 1.87 bits per heavy atom. The fourth-order valence-corrected chi connectivity index (χ4v) is 3.27. The van der Waals surface area contributed by atoms with Crippen LogP contribution < -0.4 is 9.47 Å². The molecule has 1 saturated heterocycles. The van der Waals surface area contributed by atoms with Gasteiger partial charge in [-0.15, -0.1) is 0 Å². The summed E-state index contributed by atoms with van der Waals surface area (Å²) < 4.78 is 22.1. The van der Waals surface area contributed by atoms with Gasteiger partial charge in [-0.25, -0.2) is 9.59 Å². The van der Waals surface area contributed by atoms with E-state index in [4.69, 9.17) is 18.9 Å². The molecule has 1 aromatic carbocycles. The lowest BCUT2D eigenvalue weighted by Gasteiger charge is -2.28. The number of likely N-dealkylation sites (tertiary alicyclic amines) is 1. The van der Waals surface area contributed by atoms with E-state index in [1.165, 1.54) is 12.0 Å². The molecular weight excluding hydrogens is 390 g/mol. The Balaban J connectivity index is 2.25. The third-order valence-corrected chi connectivity index (χ3v) is 4.41. The minimum Gasteiger partial charge on any atom is -0.490 e. The van der Waals surface area contributed by atoms with Gasteiger partial charge >= 0.3 is 12.1 Å². The molecule has 2 atom stereocenters. The number of amides is 1. The van der Waals surface area contributed by atoms with E-state index in [1.54, 1.807) is 32.9 Å². The van der Waals surface area contributed by atoms with E-state index in [9.17, 15) is 14.7 Å². The Labute approximate surface area is 178 Å². The number of β-amino-alcohol motifs (C(OH)–C–C–N with tert-alkyl or cyclic N) is 1. The molecule has 1 amide bonds. The van der Waals surface area contributed by atoms with Crippen LogP contribution in [0.2, 0.25) is 0 Å². The van der Waals surface area contributed by atoms with Crippen LogP contribution >= 0.6 is 0 Å². The van der Waals surface area contributed by atoms with Gasteiger partial charge in [0.05, 0.1) is 31.9 Å². The highest BCUT2D eigenvalue weighted by molar-refractivity contribution is 5.95. The number of rotatable bonds is 6. The fourth-order valence-electron chi connectivity index (χ4n) is 3.27. The summed E-state index contributed by atoms with van der Waals surface area (Å²) in [6.07, 6.45) is -0.957. The molecule has 2 rings (SSSR count). The third-order valence-electron chi connectivity index (χ3n) is 4.41. The molecule has 0 unspecified atom stereocenters. The summed E-state index contributed by atoms with van der Waals surface area (Å²) in [7, 11) is 1.29. The summed E-state index contributed by atoms with van der Waals surface area (Å²) in [4.78, 5) is 26.4. The number of esters is 1. The second kappa shape index (κ2) is 9.55. The van der Waals surface area contributed by atoms with Gasteiger partial charge in [-0.3, -0.25) is 4.90 Å². The molecule has 1 aliphatic heterocycles. The van der Waals surface area contributed by atoms with E-state index in [0.717, 1.165) is 5.56 Å². The van der Waals surface area contributed by atoms with Crippen LogP contribution in [0.4, 0.5) is 4.79 Å². The van der Waals surface area contributed by atoms with Crippen molar-refractivity contribution >= 4 is 12.1 Å². The van der Waals surface area contributed by atoms with Crippen molar-refractivity contribution in [3.63, 3.8) is 0 Å². The molecule has 0 aliphatic carbocycles. The lowest BCUT2D eigenvalue weighted by Crippen LogP contribution is -2.42. The van der Waals surface area contributed by atoms with E-state index >= 15 is 0 Å². The number of nitrogens with zero attached hydrogens (tertiary/aromatic N) is 1. The molecule has 1 N–H and O–H groups in total. The quantitative estimate of drug-likeness (QED) is 0.702. The fraction of sp³-hybridized carbons (Fsp3) is 0.636. The molecule has 1 aliphatic rings. The maximum atomic E-state index is 12.5. The molecule has 8 nitrogen and oxygen atoms in total. The van der Waals surface area contributed by atoms with Crippen molar-refractivity contribution in [3.05, 3.63) is 23.3 Å². The zero-order valence-corrected chi connectivity index (χ0v) is 18.9. The summed E-state index contributed by atoms with van der Waals surface area (Å²) in [5.41, 5.74) is 0.399. The van der Waals surface area contributed by atoms with E-state index in [0.29, 0.717) is 17.9 Å². The Bertz CT molecular complexity index is 769. The molecule has 0 spiro atoms. The molecular formula is C22H33NO7. The molecule has 8 heteroatoms. The lowest BCUT2D eigenvalue weighted by atomic mass is 10.1.